The maximum absolute atomic E-state index is 11.8. The zero-order valence-corrected chi connectivity index (χ0v) is 18.6. The van der Waals surface area contributed by atoms with Crippen molar-refractivity contribution in [2.75, 3.05) is 25.1 Å². The van der Waals surface area contributed by atoms with Gasteiger partial charge >= 0.3 is 5.97 Å². The highest BCUT2D eigenvalue weighted by atomic mass is 16.5. The zero-order chi connectivity index (χ0) is 22.9. The van der Waals surface area contributed by atoms with Crippen LogP contribution in [-0.4, -0.2) is 36.9 Å². The number of anilines is 1. The predicted molar refractivity (Wildman–Crippen MR) is 132 cm³/mol. The van der Waals surface area contributed by atoms with Crippen molar-refractivity contribution in [2.24, 2.45) is 0 Å². The van der Waals surface area contributed by atoms with E-state index in [-0.39, 0.29) is 19.2 Å². The molecule has 0 radical (unpaired) electrons. The van der Waals surface area contributed by atoms with Gasteiger partial charge in [0.2, 0.25) is 0 Å². The third-order valence-electron chi connectivity index (χ3n) is 5.52. The highest BCUT2D eigenvalue weighted by Crippen LogP contribution is 2.31. The van der Waals surface area contributed by atoms with E-state index in [1.54, 1.807) is 0 Å². The molecular weight excluding hydrogens is 414 g/mol. The summed E-state index contributed by atoms with van der Waals surface area (Å²) in [6.45, 7) is 1.27. The van der Waals surface area contributed by atoms with Gasteiger partial charge in [-0.3, -0.25) is 4.79 Å². The van der Waals surface area contributed by atoms with Crippen LogP contribution < -0.4 is 5.32 Å². The van der Waals surface area contributed by atoms with Crippen LogP contribution >= 0.6 is 0 Å². The number of rotatable bonds is 11. The smallest absolute Gasteiger partial charge is 0.306 e. The van der Waals surface area contributed by atoms with Gasteiger partial charge in [0.25, 0.3) is 0 Å². The van der Waals surface area contributed by atoms with Crippen molar-refractivity contribution < 1.29 is 19.4 Å². The lowest BCUT2D eigenvalue weighted by Gasteiger charge is -2.16. The average molecular weight is 444 g/mol. The molecule has 0 fully saturated rings. The summed E-state index contributed by atoms with van der Waals surface area (Å²) < 4.78 is 10.8. The van der Waals surface area contributed by atoms with Crippen LogP contribution in [0.5, 0.6) is 0 Å². The van der Waals surface area contributed by atoms with E-state index in [9.17, 15) is 9.90 Å². The molecule has 0 aromatic heterocycles. The van der Waals surface area contributed by atoms with Crippen LogP contribution in [0.4, 0.5) is 5.69 Å². The Balaban J connectivity index is 1.19. The van der Waals surface area contributed by atoms with E-state index in [0.29, 0.717) is 26.0 Å². The second-order valence-electron chi connectivity index (χ2n) is 8.05. The number of nitrogens with one attached hydrogen (secondary N) is 1. The molecule has 1 unspecified atom stereocenters. The molecule has 0 aliphatic carbocycles. The second-order valence-corrected chi connectivity index (χ2v) is 8.05. The average Bonchev–Trinajstić information content (AvgIpc) is 2.86. The van der Waals surface area contributed by atoms with E-state index in [2.05, 4.69) is 35.6 Å². The van der Waals surface area contributed by atoms with Crippen LogP contribution in [0.3, 0.4) is 0 Å². The minimum Gasteiger partial charge on any atom is -0.461 e. The zero-order valence-electron chi connectivity index (χ0n) is 18.6. The second kappa shape index (κ2) is 11.5. The van der Waals surface area contributed by atoms with Gasteiger partial charge in [-0.15, -0.1) is 0 Å². The molecule has 0 aliphatic heterocycles. The van der Waals surface area contributed by atoms with E-state index >= 15 is 0 Å². The number of ether oxygens (including phenoxy) is 2. The van der Waals surface area contributed by atoms with Crippen molar-refractivity contribution in [3.63, 3.8) is 0 Å². The molecule has 4 rings (SSSR count). The third-order valence-corrected chi connectivity index (χ3v) is 5.52. The Morgan fingerprint density at radius 3 is 2.39 bits per heavy atom. The number of esters is 1. The first-order valence-corrected chi connectivity index (χ1v) is 11.3. The fraction of sp³-hybridized carbons (Fsp3) is 0.250. The number of carbonyl (C=O) groups excluding carboxylic acids is 1. The molecule has 170 valence electrons. The van der Waals surface area contributed by atoms with Crippen LogP contribution in [0, 0.1) is 0 Å². The summed E-state index contributed by atoms with van der Waals surface area (Å²) in [5.41, 5.74) is 1.96. The number of aliphatic hydroxyl groups is 1. The van der Waals surface area contributed by atoms with Crippen molar-refractivity contribution in [1.82, 2.24) is 0 Å². The Morgan fingerprint density at radius 2 is 1.58 bits per heavy atom. The van der Waals surface area contributed by atoms with Crippen molar-refractivity contribution in [3.8, 4) is 0 Å². The summed E-state index contributed by atoms with van der Waals surface area (Å²) in [6, 6.07) is 28.3. The standard InChI is InChI=1S/C28H29NO4/c30-23(20-32-16-8-15-28(31)33-19-21-9-2-1-3-10-21)18-29-27-17-22-11-4-5-12-24(22)25-13-6-7-14-26(25)27/h1-7,9-14,17,23,29-30H,8,15-16,18-20H2. The molecule has 4 aromatic carbocycles. The van der Waals surface area contributed by atoms with Crippen molar-refractivity contribution >= 4 is 33.2 Å². The van der Waals surface area contributed by atoms with Crippen LogP contribution in [0.25, 0.3) is 21.5 Å². The number of aliphatic hydroxyl groups excluding tert-OH is 1. The molecule has 0 aliphatic rings. The number of fused-ring (bicyclic) bond motifs is 3. The Morgan fingerprint density at radius 1 is 0.879 bits per heavy atom. The lowest BCUT2D eigenvalue weighted by molar-refractivity contribution is -0.145. The maximum Gasteiger partial charge on any atom is 0.306 e. The van der Waals surface area contributed by atoms with E-state index in [4.69, 9.17) is 9.47 Å². The molecule has 0 bridgehead atoms. The van der Waals surface area contributed by atoms with Crippen molar-refractivity contribution in [3.05, 3.63) is 90.5 Å². The maximum atomic E-state index is 11.8. The summed E-state index contributed by atoms with van der Waals surface area (Å²) in [6.07, 6.45) is 0.202. The summed E-state index contributed by atoms with van der Waals surface area (Å²) >= 11 is 0. The third kappa shape index (κ3) is 6.31. The quantitative estimate of drug-likeness (QED) is 0.187. The molecule has 5 nitrogen and oxygen atoms in total. The van der Waals surface area contributed by atoms with Gasteiger partial charge in [-0.25, -0.2) is 0 Å². The lowest BCUT2D eigenvalue weighted by atomic mass is 10.0. The Labute approximate surface area is 194 Å². The van der Waals surface area contributed by atoms with Gasteiger partial charge in [-0.2, -0.15) is 0 Å². The van der Waals surface area contributed by atoms with E-state index in [0.717, 1.165) is 22.0 Å². The molecule has 0 saturated heterocycles. The molecular formula is C28H29NO4. The summed E-state index contributed by atoms with van der Waals surface area (Å²) in [5, 5.41) is 18.4. The molecule has 5 heteroatoms. The summed E-state index contributed by atoms with van der Waals surface area (Å²) in [5.74, 6) is -0.243. The highest BCUT2D eigenvalue weighted by Gasteiger charge is 2.09. The summed E-state index contributed by atoms with van der Waals surface area (Å²) in [4.78, 5) is 11.8. The monoisotopic (exact) mass is 443 g/mol. The normalized spacial score (nSPS) is 12.0. The highest BCUT2D eigenvalue weighted by molar-refractivity contribution is 6.12. The van der Waals surface area contributed by atoms with Gasteiger partial charge in [0, 0.05) is 30.6 Å². The molecule has 33 heavy (non-hydrogen) atoms. The van der Waals surface area contributed by atoms with Gasteiger partial charge in [0.15, 0.2) is 0 Å². The molecule has 2 N–H and O–H groups in total. The molecule has 1 atom stereocenters. The van der Waals surface area contributed by atoms with Gasteiger partial charge in [-0.05, 0) is 34.2 Å². The van der Waals surface area contributed by atoms with Crippen molar-refractivity contribution in [2.45, 2.75) is 25.6 Å². The van der Waals surface area contributed by atoms with E-state index in [1.165, 1.54) is 10.8 Å². The molecule has 0 amide bonds. The minimum atomic E-state index is -0.653. The first-order chi connectivity index (χ1) is 16.2. The fourth-order valence-electron chi connectivity index (χ4n) is 3.84. The number of hydrogen-bond acceptors (Lipinski definition) is 5. The topological polar surface area (TPSA) is 67.8 Å². The Kier molecular flexibility index (Phi) is 7.90. The number of benzene rings is 4. The Hall–Kier alpha value is -3.41. The molecule has 0 saturated carbocycles. The largest absolute Gasteiger partial charge is 0.461 e. The molecule has 0 spiro atoms. The number of hydrogen-bond donors (Lipinski definition) is 2. The van der Waals surface area contributed by atoms with Gasteiger partial charge < -0.3 is 19.9 Å². The van der Waals surface area contributed by atoms with Gasteiger partial charge in [0.05, 0.1) is 12.7 Å². The lowest BCUT2D eigenvalue weighted by Crippen LogP contribution is -2.25. The first kappa shape index (κ1) is 22.8. The van der Waals surface area contributed by atoms with E-state index < -0.39 is 6.10 Å². The number of carbonyl (C=O) groups is 1. The molecule has 0 heterocycles. The minimum absolute atomic E-state index is 0.206. The van der Waals surface area contributed by atoms with Crippen LogP contribution in [0.2, 0.25) is 0 Å². The predicted octanol–water partition coefficient (Wildman–Crippen LogP) is 5.31. The van der Waals surface area contributed by atoms with Crippen LogP contribution in [0.15, 0.2) is 84.9 Å². The van der Waals surface area contributed by atoms with E-state index in [1.807, 2.05) is 54.6 Å². The fourth-order valence-corrected chi connectivity index (χ4v) is 3.84. The molecule has 4 aromatic rings. The van der Waals surface area contributed by atoms with Gasteiger partial charge in [-0.1, -0.05) is 78.9 Å². The SMILES string of the molecule is O=C(CCCOCC(O)CNc1cc2ccccc2c2ccccc12)OCc1ccccc1. The van der Waals surface area contributed by atoms with Crippen LogP contribution in [0.1, 0.15) is 18.4 Å². The van der Waals surface area contributed by atoms with Crippen LogP contribution in [-0.2, 0) is 20.9 Å². The first-order valence-electron chi connectivity index (χ1n) is 11.3. The van der Waals surface area contributed by atoms with Crippen molar-refractivity contribution in [1.29, 1.82) is 0 Å². The summed E-state index contributed by atoms with van der Waals surface area (Å²) in [7, 11) is 0. The Bertz CT molecular complexity index is 1190. The van der Waals surface area contributed by atoms with Gasteiger partial charge in [0.1, 0.15) is 6.61 Å².